The highest BCUT2D eigenvalue weighted by Crippen LogP contribution is 2.52. The van der Waals surface area contributed by atoms with E-state index in [2.05, 4.69) is 47.9 Å². The number of anilines is 3. The van der Waals surface area contributed by atoms with Gasteiger partial charge in [0.15, 0.2) is 0 Å². The molecule has 3 aromatic heterocycles. The number of carbonyl (C=O) groups excluding carboxylic acids is 3. The minimum Gasteiger partial charge on any atom is -0.307 e. The summed E-state index contributed by atoms with van der Waals surface area (Å²) in [5.41, 5.74) is 10.7. The summed E-state index contributed by atoms with van der Waals surface area (Å²) in [5, 5.41) is 4.69. The fourth-order valence-electron chi connectivity index (χ4n) is 15.6. The minimum absolute atomic E-state index is 0.0528. The number of fused-ring (bicyclic) bond motifs is 6. The molecule has 3 saturated heterocycles. The van der Waals surface area contributed by atoms with E-state index in [1.54, 1.807) is 47.4 Å². The lowest BCUT2D eigenvalue weighted by atomic mass is 9.74. The van der Waals surface area contributed by atoms with Crippen LogP contribution < -0.4 is 14.7 Å². The number of likely N-dealkylation sites (tertiary alicyclic amines) is 3. The van der Waals surface area contributed by atoms with Crippen LogP contribution in [0.15, 0.2) is 176 Å². The molecule has 6 aliphatic heterocycles. The number of aromatic nitrogens is 3. The zero-order chi connectivity index (χ0) is 74.6. The predicted octanol–water partition coefficient (Wildman–Crippen LogP) is 20.6. The van der Waals surface area contributed by atoms with Gasteiger partial charge in [0.1, 0.15) is 21.9 Å². The Balaban J connectivity index is 0.000000141. The first-order chi connectivity index (χ1) is 50.9. The molecule has 0 atom stereocenters. The second kappa shape index (κ2) is 33.1. The molecule has 23 heteroatoms. The highest BCUT2D eigenvalue weighted by molar-refractivity contribution is 6.36. The Morgan fingerprint density at radius 3 is 1.21 bits per heavy atom. The summed E-state index contributed by atoms with van der Waals surface area (Å²) in [5.74, 6) is -2.26. The Hall–Kier alpha value is -7.61. The summed E-state index contributed by atoms with van der Waals surface area (Å²) in [7, 11) is 0. The molecule has 3 amide bonds. The van der Waals surface area contributed by atoms with E-state index in [0.717, 1.165) is 159 Å². The molecule has 9 aromatic rings. The van der Waals surface area contributed by atoms with E-state index >= 15 is 0 Å². The van der Waals surface area contributed by atoms with E-state index in [1.165, 1.54) is 30.0 Å². The van der Waals surface area contributed by atoms with Gasteiger partial charge in [-0.3, -0.25) is 29.1 Å². The molecule has 6 aliphatic rings. The van der Waals surface area contributed by atoms with Crippen molar-refractivity contribution in [3.63, 3.8) is 0 Å². The van der Waals surface area contributed by atoms with Gasteiger partial charge in [-0.05, 0) is 235 Å². The number of piperidine rings is 3. The molecule has 0 radical (unpaired) electrons. The molecule has 6 aromatic carbocycles. The van der Waals surface area contributed by atoms with Gasteiger partial charge in [-0.2, -0.15) is 4.39 Å². The maximum Gasteiger partial charge on any atom is 0.258 e. The third kappa shape index (κ3) is 17.3. The number of benzene rings is 6. The van der Waals surface area contributed by atoms with E-state index in [0.29, 0.717) is 78.3 Å². The average Bonchev–Trinajstić information content (AvgIpc) is 1.60. The van der Waals surface area contributed by atoms with Crippen molar-refractivity contribution in [1.82, 2.24) is 29.7 Å². The SMILES string of the molecule is Cc1cc(C(=O)N2CC3(CCN(C/C=C/c4ccc(Cl)cc4Cl)CC3)c3cc(Cl)ccc32)cc(Cl)n1.Cc1cc(C(=O)N2CC3(CCN(C/C=C/c4ccccc4Cl)CC3)c3cc(Cl)ccc32)cc(Cl)n1.O=C(c1ccnc(F)c1)N1CC2(CCN(C/C=C/c3ccc(F)cc3F)CC2)c2cc(Cl)ccc21. The summed E-state index contributed by atoms with van der Waals surface area (Å²) in [6, 6.07) is 43.7. The van der Waals surface area contributed by atoms with Gasteiger partial charge in [0.05, 0.1) is 0 Å². The van der Waals surface area contributed by atoms with Crippen molar-refractivity contribution < 1.29 is 27.6 Å². The number of aryl methyl sites for hydroxylation is 2. The van der Waals surface area contributed by atoms with Crippen molar-refractivity contribution in [2.24, 2.45) is 0 Å². The van der Waals surface area contributed by atoms with Gasteiger partial charge in [0, 0.05) is 155 Å². The van der Waals surface area contributed by atoms with Gasteiger partial charge in [-0.1, -0.05) is 154 Å². The van der Waals surface area contributed by atoms with Crippen molar-refractivity contribution in [1.29, 1.82) is 0 Å². The van der Waals surface area contributed by atoms with E-state index < -0.39 is 17.6 Å². The van der Waals surface area contributed by atoms with E-state index in [4.69, 9.17) is 92.8 Å². The van der Waals surface area contributed by atoms with Crippen LogP contribution in [0.3, 0.4) is 0 Å². The summed E-state index contributed by atoms with van der Waals surface area (Å²) in [6.45, 7) is 13.1. The van der Waals surface area contributed by atoms with Crippen LogP contribution in [0.2, 0.25) is 40.4 Å². The summed E-state index contributed by atoms with van der Waals surface area (Å²) < 4.78 is 40.6. The molecule has 0 N–H and O–H groups in total. The smallest absolute Gasteiger partial charge is 0.258 e. The maximum absolute atomic E-state index is 13.9. The lowest BCUT2D eigenvalue weighted by Gasteiger charge is -2.39. The van der Waals surface area contributed by atoms with Gasteiger partial charge in [0.2, 0.25) is 5.95 Å². The number of halogens is 11. The topological polar surface area (TPSA) is 109 Å². The van der Waals surface area contributed by atoms with Crippen molar-refractivity contribution >= 4 is 146 Å². The van der Waals surface area contributed by atoms with Crippen LogP contribution in [0.4, 0.5) is 30.2 Å². The van der Waals surface area contributed by atoms with Gasteiger partial charge < -0.3 is 14.7 Å². The molecule has 546 valence electrons. The molecule has 0 saturated carbocycles. The highest BCUT2D eigenvalue weighted by Gasteiger charge is 2.50. The number of hydrogen-bond acceptors (Lipinski definition) is 9. The Morgan fingerprint density at radius 2 is 0.802 bits per heavy atom. The van der Waals surface area contributed by atoms with Crippen LogP contribution in [0.5, 0.6) is 0 Å². The molecule has 9 heterocycles. The van der Waals surface area contributed by atoms with Crippen LogP contribution in [0.1, 0.15) is 114 Å². The molecule has 106 heavy (non-hydrogen) atoms. The first kappa shape index (κ1) is 76.6. The third-order valence-electron chi connectivity index (χ3n) is 21.1. The number of rotatable bonds is 12. The molecule has 0 bridgehead atoms. The molecule has 3 spiro atoms. The summed E-state index contributed by atoms with van der Waals surface area (Å²) >= 11 is 50.0. The average molecular weight is 1590 g/mol. The number of nitrogens with zero attached hydrogens (tertiary/aromatic N) is 9. The quantitative estimate of drug-likeness (QED) is 0.110. The number of pyridine rings is 3. The summed E-state index contributed by atoms with van der Waals surface area (Å²) in [4.78, 5) is 65.0. The van der Waals surface area contributed by atoms with Crippen LogP contribution in [-0.2, 0) is 16.2 Å². The first-order valence-corrected chi connectivity index (χ1v) is 38.0. The molecule has 3 fully saturated rings. The predicted molar refractivity (Wildman–Crippen MR) is 425 cm³/mol. The maximum atomic E-state index is 13.9. The van der Waals surface area contributed by atoms with Gasteiger partial charge >= 0.3 is 0 Å². The van der Waals surface area contributed by atoms with Crippen molar-refractivity contribution in [3.05, 3.63) is 296 Å². The summed E-state index contributed by atoms with van der Waals surface area (Å²) in [6.07, 6.45) is 18.7. The second-order valence-corrected chi connectivity index (χ2v) is 31.3. The van der Waals surface area contributed by atoms with Crippen molar-refractivity contribution in [2.45, 2.75) is 68.6 Å². The number of hydrogen-bond donors (Lipinski definition) is 0. The Bertz CT molecular complexity index is 4880. The van der Waals surface area contributed by atoms with Crippen LogP contribution in [0.25, 0.3) is 18.2 Å². The molecule has 0 unspecified atom stereocenters. The molecule has 12 nitrogen and oxygen atoms in total. The molecular formula is C83H74Cl8F3N9O3. The number of carbonyl (C=O) groups is 3. The molecular weight excluding hydrogens is 1510 g/mol. The van der Waals surface area contributed by atoms with Crippen LogP contribution in [0, 0.1) is 31.4 Å². The third-order valence-corrected chi connectivity index (χ3v) is 23.1. The van der Waals surface area contributed by atoms with E-state index in [1.807, 2.05) is 121 Å². The van der Waals surface area contributed by atoms with E-state index in [-0.39, 0.29) is 39.5 Å². The minimum atomic E-state index is -0.692. The number of amides is 3. The normalized spacial score (nSPS) is 17.3. The van der Waals surface area contributed by atoms with Crippen LogP contribution >= 0.6 is 92.8 Å². The fourth-order valence-corrected chi connectivity index (χ4v) is 17.3. The van der Waals surface area contributed by atoms with E-state index in [9.17, 15) is 27.6 Å². The van der Waals surface area contributed by atoms with Gasteiger partial charge in [-0.25, -0.2) is 23.7 Å². The lowest BCUT2D eigenvalue weighted by Crippen LogP contribution is -2.46. The monoisotopic (exact) mass is 1580 g/mol. The Kier molecular flexibility index (Phi) is 23.9. The Morgan fingerprint density at radius 1 is 0.415 bits per heavy atom. The standard InChI is InChI=1S/C28H25Cl4N3O.C28H26Cl3N3O.C27H23ClF3N3O/c1-18-13-20(14-26(32)33-18)27(36)35-17-28(23-15-21(29)6-7-25(23)35)8-11-34(12-9-28)10-2-3-19-4-5-22(30)16-24(19)31;1-19-15-21(16-26(31)32-19)27(35)34-18-28(23-17-22(29)8-9-25(23)34)10-13-33(14-11-28)12-4-6-20-5-2-3-7-24(20)30;28-20-4-6-24-22(15-20)27(17-34(24)26(35)19-7-10-32-25(31)14-19)8-12-33(13-9-27)11-1-2-18-3-5-21(29)16-23(18)30/h2-7,13-16H,8-12,17H2,1H3;2-9,15-17H,10-14,18H2,1H3;1-7,10,14-16H,8-9,11-13,17H2/b3-2+;6-4+;2-1+. The first-order valence-electron chi connectivity index (χ1n) is 35.0. The van der Waals surface area contributed by atoms with Crippen LogP contribution in [-0.4, -0.2) is 126 Å². The largest absolute Gasteiger partial charge is 0.307 e. The van der Waals surface area contributed by atoms with Gasteiger partial charge in [0.25, 0.3) is 17.7 Å². The second-order valence-electron chi connectivity index (χ2n) is 28.0. The highest BCUT2D eigenvalue weighted by atomic mass is 35.5. The van der Waals surface area contributed by atoms with Crippen molar-refractivity contribution in [2.75, 3.05) is 93.2 Å². The Labute approximate surface area is 655 Å². The van der Waals surface area contributed by atoms with Crippen molar-refractivity contribution in [3.8, 4) is 0 Å². The molecule has 15 rings (SSSR count). The zero-order valence-electron chi connectivity index (χ0n) is 58.1. The zero-order valence-corrected chi connectivity index (χ0v) is 64.2. The fraction of sp³-hybridized carbons (Fsp3) is 0.277. The van der Waals surface area contributed by atoms with Gasteiger partial charge in [-0.15, -0.1) is 0 Å². The molecule has 0 aliphatic carbocycles. The lowest BCUT2D eigenvalue weighted by molar-refractivity contribution is 0.0970.